The maximum absolute atomic E-state index is 8.65. The molecule has 0 aromatic carbocycles. The monoisotopic (exact) mass is 171 g/mol. The van der Waals surface area contributed by atoms with Crippen molar-refractivity contribution in [2.45, 2.75) is 6.42 Å². The second kappa shape index (κ2) is 4.74. The molecule has 0 amide bonds. The number of nitrogens with one attached hydrogen (secondary N) is 1. The average molecular weight is 171 g/mol. The lowest BCUT2D eigenvalue weighted by Crippen LogP contribution is -2.19. The number of ether oxygens (including phenoxy) is 1. The van der Waals surface area contributed by atoms with E-state index in [2.05, 4.69) is 4.99 Å². The molecule has 1 heterocycles. The minimum absolute atomic E-state index is 0.459. The van der Waals surface area contributed by atoms with Crippen LogP contribution in [0.4, 0.5) is 0 Å². The zero-order valence-electron chi connectivity index (χ0n) is 6.79. The highest BCUT2D eigenvalue weighted by Crippen LogP contribution is 2.01. The van der Waals surface area contributed by atoms with Gasteiger partial charge in [-0.2, -0.15) is 0 Å². The van der Waals surface area contributed by atoms with Crippen LogP contribution in [0.5, 0.6) is 0 Å². The van der Waals surface area contributed by atoms with Crippen LogP contribution in [0.15, 0.2) is 16.9 Å². The Morgan fingerprint density at radius 2 is 2.50 bits per heavy atom. The molecule has 0 fully saturated rings. The Balaban J connectivity index is 2.64. The lowest BCUT2D eigenvalue weighted by atomic mass is 10.2. The van der Waals surface area contributed by atoms with Gasteiger partial charge in [-0.15, -0.1) is 0 Å². The maximum Gasteiger partial charge on any atom is 0.0967 e. The van der Waals surface area contributed by atoms with Crippen molar-refractivity contribution in [3.05, 3.63) is 11.9 Å². The summed E-state index contributed by atoms with van der Waals surface area (Å²) < 4.78 is 5.17. The number of hydrogen-bond acceptors (Lipinski definition) is 5. The van der Waals surface area contributed by atoms with Gasteiger partial charge in [0.2, 0.25) is 0 Å². The van der Waals surface area contributed by atoms with Gasteiger partial charge in [0, 0.05) is 12.6 Å². The van der Waals surface area contributed by atoms with E-state index >= 15 is 0 Å². The van der Waals surface area contributed by atoms with E-state index in [1.807, 2.05) is 5.48 Å². The molecule has 12 heavy (non-hydrogen) atoms. The molecule has 1 aliphatic heterocycles. The summed E-state index contributed by atoms with van der Waals surface area (Å²) in [5, 5.41) is 8.65. The van der Waals surface area contributed by atoms with Crippen LogP contribution in [0.3, 0.4) is 0 Å². The molecule has 4 N–H and O–H groups in total. The van der Waals surface area contributed by atoms with E-state index in [1.54, 1.807) is 0 Å². The predicted molar refractivity (Wildman–Crippen MR) is 44.9 cm³/mol. The molecule has 0 saturated heterocycles. The summed E-state index contributed by atoms with van der Waals surface area (Å²) in [5.74, 6) is 0. The Labute approximate surface area is 70.9 Å². The van der Waals surface area contributed by atoms with Crippen LogP contribution < -0.4 is 11.2 Å². The van der Waals surface area contributed by atoms with Gasteiger partial charge in [0.05, 0.1) is 31.2 Å². The number of allylic oxidation sites excluding steroid dienone is 1. The molecular formula is C7H13N3O2. The highest BCUT2D eigenvalue weighted by molar-refractivity contribution is 5.99. The van der Waals surface area contributed by atoms with E-state index in [1.165, 1.54) is 6.20 Å². The lowest BCUT2D eigenvalue weighted by molar-refractivity contribution is 0.153. The van der Waals surface area contributed by atoms with Gasteiger partial charge in [0.15, 0.2) is 0 Å². The molecule has 1 aliphatic rings. The maximum atomic E-state index is 8.65. The van der Waals surface area contributed by atoms with Crippen LogP contribution in [-0.2, 0) is 4.74 Å². The number of nitrogens with zero attached hydrogens (tertiary/aromatic N) is 1. The van der Waals surface area contributed by atoms with Gasteiger partial charge in [-0.05, 0) is 0 Å². The first-order valence-electron chi connectivity index (χ1n) is 3.82. The van der Waals surface area contributed by atoms with E-state index in [-0.39, 0.29) is 0 Å². The van der Waals surface area contributed by atoms with Crippen molar-refractivity contribution in [1.29, 1.82) is 0 Å². The van der Waals surface area contributed by atoms with E-state index in [0.29, 0.717) is 31.9 Å². The van der Waals surface area contributed by atoms with Crippen molar-refractivity contribution in [1.82, 2.24) is 5.48 Å². The summed E-state index contributed by atoms with van der Waals surface area (Å²) in [6, 6.07) is 0. The van der Waals surface area contributed by atoms with Crippen LogP contribution in [-0.4, -0.2) is 30.7 Å². The summed E-state index contributed by atoms with van der Waals surface area (Å²) in [6.45, 7) is 1.87. The molecule has 0 spiro atoms. The van der Waals surface area contributed by atoms with Crippen LogP contribution in [0.1, 0.15) is 6.42 Å². The number of hydroxylamine groups is 1. The first-order chi connectivity index (χ1) is 5.88. The molecule has 0 aromatic rings. The van der Waals surface area contributed by atoms with Crippen molar-refractivity contribution in [3.63, 3.8) is 0 Å². The summed E-state index contributed by atoms with van der Waals surface area (Å²) in [4.78, 5) is 4.19. The topological polar surface area (TPSA) is 79.9 Å². The summed E-state index contributed by atoms with van der Waals surface area (Å²) in [5.41, 5.74) is 8.48. The fourth-order valence-electron chi connectivity index (χ4n) is 1.01. The minimum Gasteiger partial charge on any atom is -0.403 e. The third-order valence-corrected chi connectivity index (χ3v) is 1.62. The second-order valence-electron chi connectivity index (χ2n) is 2.38. The van der Waals surface area contributed by atoms with Gasteiger partial charge < -0.3 is 10.5 Å². The van der Waals surface area contributed by atoms with Crippen molar-refractivity contribution in [2.24, 2.45) is 10.7 Å². The van der Waals surface area contributed by atoms with Gasteiger partial charge in [0.1, 0.15) is 0 Å². The van der Waals surface area contributed by atoms with Gasteiger partial charge in [0.25, 0.3) is 0 Å². The Hall–Kier alpha value is -1.07. The SMILES string of the molecule is N/C=C(/NO)C1=NCCOCC1. The lowest BCUT2D eigenvalue weighted by Gasteiger charge is -2.05. The first kappa shape index (κ1) is 9.02. The summed E-state index contributed by atoms with van der Waals surface area (Å²) in [6.07, 6.45) is 1.97. The number of nitrogens with two attached hydrogens (primary N) is 1. The van der Waals surface area contributed by atoms with Crippen molar-refractivity contribution in [2.75, 3.05) is 19.8 Å². The quantitative estimate of drug-likeness (QED) is 0.495. The molecule has 0 bridgehead atoms. The van der Waals surface area contributed by atoms with Gasteiger partial charge in [-0.25, -0.2) is 0 Å². The highest BCUT2D eigenvalue weighted by atomic mass is 16.5. The van der Waals surface area contributed by atoms with Crippen molar-refractivity contribution < 1.29 is 9.94 Å². The fraction of sp³-hybridized carbons (Fsp3) is 0.571. The van der Waals surface area contributed by atoms with Crippen molar-refractivity contribution >= 4 is 5.71 Å². The standard InChI is InChI=1S/C7H13N3O2/c8-5-7(10-11)6-1-3-12-4-2-9-6/h5,10-11H,1-4,8H2/b7-5+. The highest BCUT2D eigenvalue weighted by Gasteiger charge is 2.08. The van der Waals surface area contributed by atoms with Gasteiger partial charge in [-0.1, -0.05) is 0 Å². The number of aliphatic imine (C=N–C) groups is 1. The van der Waals surface area contributed by atoms with Gasteiger partial charge in [-0.3, -0.25) is 15.7 Å². The van der Waals surface area contributed by atoms with E-state index in [9.17, 15) is 0 Å². The Morgan fingerprint density at radius 1 is 1.67 bits per heavy atom. The van der Waals surface area contributed by atoms with Crippen LogP contribution in [0.25, 0.3) is 0 Å². The third-order valence-electron chi connectivity index (χ3n) is 1.62. The van der Waals surface area contributed by atoms with Gasteiger partial charge >= 0.3 is 0 Å². The normalized spacial score (nSPS) is 19.8. The number of hydrogen-bond donors (Lipinski definition) is 3. The Bertz CT molecular complexity index is 201. The second-order valence-corrected chi connectivity index (χ2v) is 2.38. The smallest absolute Gasteiger partial charge is 0.0967 e. The summed E-state index contributed by atoms with van der Waals surface area (Å²) >= 11 is 0. The van der Waals surface area contributed by atoms with Crippen LogP contribution in [0, 0.1) is 0 Å². The largest absolute Gasteiger partial charge is 0.403 e. The molecule has 0 radical (unpaired) electrons. The van der Waals surface area contributed by atoms with E-state index < -0.39 is 0 Å². The average Bonchev–Trinajstić information content (AvgIpc) is 2.35. The van der Waals surface area contributed by atoms with Crippen LogP contribution in [0.2, 0.25) is 0 Å². The summed E-state index contributed by atoms with van der Waals surface area (Å²) in [7, 11) is 0. The molecule has 0 aromatic heterocycles. The first-order valence-corrected chi connectivity index (χ1v) is 3.82. The number of rotatable bonds is 2. The molecule has 68 valence electrons. The molecular weight excluding hydrogens is 158 g/mol. The fourth-order valence-corrected chi connectivity index (χ4v) is 1.01. The molecule has 0 atom stereocenters. The molecule has 5 nitrogen and oxygen atoms in total. The van der Waals surface area contributed by atoms with Crippen LogP contribution >= 0.6 is 0 Å². The minimum atomic E-state index is 0.459. The Morgan fingerprint density at radius 3 is 3.17 bits per heavy atom. The predicted octanol–water partition coefficient (Wildman–Crippen LogP) is -0.373. The zero-order chi connectivity index (χ0) is 8.81. The van der Waals surface area contributed by atoms with Crippen molar-refractivity contribution in [3.8, 4) is 0 Å². The third kappa shape index (κ3) is 2.21. The van der Waals surface area contributed by atoms with E-state index in [0.717, 1.165) is 5.71 Å². The molecule has 0 aliphatic carbocycles. The molecule has 0 saturated carbocycles. The van der Waals surface area contributed by atoms with E-state index in [4.69, 9.17) is 15.7 Å². The molecule has 5 heteroatoms. The Kier molecular flexibility index (Phi) is 3.56. The zero-order valence-corrected chi connectivity index (χ0v) is 6.79. The molecule has 1 rings (SSSR count). The molecule has 0 unspecified atom stereocenters.